The van der Waals surface area contributed by atoms with Gasteiger partial charge >= 0.3 is 0 Å². The van der Waals surface area contributed by atoms with E-state index in [1.54, 1.807) is 54.1 Å². The number of carbonyl (C=O) groups is 1. The Morgan fingerprint density at radius 1 is 1.09 bits per heavy atom. The molecule has 0 saturated carbocycles. The van der Waals surface area contributed by atoms with Crippen molar-refractivity contribution in [3.05, 3.63) is 97.8 Å². The molecular formula is C25H20BrN5O2. The third-order valence-electron chi connectivity index (χ3n) is 5.32. The molecule has 0 aliphatic heterocycles. The average molecular weight is 502 g/mol. The Labute approximate surface area is 198 Å². The van der Waals surface area contributed by atoms with Crippen LogP contribution in [-0.4, -0.2) is 20.2 Å². The van der Waals surface area contributed by atoms with Crippen LogP contribution in [-0.2, 0) is 4.79 Å². The first kappa shape index (κ1) is 22.2. The standard InChI is InChI=1S/C25H20BrN5O2/c1-15-12-18(13-19(14-27)24(32)29-21-10-8-20(26)9-11-21)16(2)30(15)31-17(3)28-23-7-5-4-6-22(23)25(31)33/h4-13H,1-3H3,(H,29,32). The van der Waals surface area contributed by atoms with Gasteiger partial charge in [-0.15, -0.1) is 0 Å². The second-order valence-electron chi connectivity index (χ2n) is 7.56. The van der Waals surface area contributed by atoms with Crippen molar-refractivity contribution in [3.63, 3.8) is 0 Å². The van der Waals surface area contributed by atoms with E-state index in [-0.39, 0.29) is 11.1 Å². The van der Waals surface area contributed by atoms with Crippen molar-refractivity contribution >= 4 is 44.5 Å². The number of benzene rings is 2. The van der Waals surface area contributed by atoms with Crippen LogP contribution in [0.3, 0.4) is 0 Å². The van der Waals surface area contributed by atoms with E-state index < -0.39 is 5.91 Å². The fourth-order valence-corrected chi connectivity index (χ4v) is 4.00. The Balaban J connectivity index is 1.76. The average Bonchev–Trinajstić information content (AvgIpc) is 3.06. The molecule has 2 aromatic carbocycles. The Morgan fingerprint density at radius 2 is 1.79 bits per heavy atom. The molecule has 4 rings (SSSR count). The molecule has 164 valence electrons. The monoisotopic (exact) mass is 501 g/mol. The van der Waals surface area contributed by atoms with Crippen molar-refractivity contribution in [1.82, 2.24) is 14.3 Å². The minimum absolute atomic E-state index is 0.0427. The highest BCUT2D eigenvalue weighted by Crippen LogP contribution is 2.21. The zero-order valence-corrected chi connectivity index (χ0v) is 19.8. The van der Waals surface area contributed by atoms with Crippen molar-refractivity contribution in [3.8, 4) is 6.07 Å². The van der Waals surface area contributed by atoms with E-state index in [4.69, 9.17) is 0 Å². The van der Waals surface area contributed by atoms with Crippen molar-refractivity contribution in [2.75, 3.05) is 5.32 Å². The second kappa shape index (κ2) is 8.88. The molecule has 0 atom stereocenters. The molecule has 0 saturated heterocycles. The van der Waals surface area contributed by atoms with Gasteiger partial charge in [0.2, 0.25) is 0 Å². The molecule has 0 unspecified atom stereocenters. The fraction of sp³-hybridized carbons (Fsp3) is 0.120. The molecule has 0 spiro atoms. The molecule has 0 bridgehead atoms. The molecule has 2 heterocycles. The topological polar surface area (TPSA) is 92.7 Å². The number of rotatable bonds is 4. The third-order valence-corrected chi connectivity index (χ3v) is 5.85. The molecular weight excluding hydrogens is 482 g/mol. The predicted molar refractivity (Wildman–Crippen MR) is 132 cm³/mol. The largest absolute Gasteiger partial charge is 0.321 e. The van der Waals surface area contributed by atoms with Gasteiger partial charge in [-0.3, -0.25) is 14.3 Å². The highest BCUT2D eigenvalue weighted by atomic mass is 79.9. The van der Waals surface area contributed by atoms with Gasteiger partial charge in [0.1, 0.15) is 17.5 Å². The van der Waals surface area contributed by atoms with Gasteiger partial charge in [0.25, 0.3) is 11.5 Å². The van der Waals surface area contributed by atoms with Crippen LogP contribution in [0.15, 0.2) is 69.4 Å². The molecule has 33 heavy (non-hydrogen) atoms. The molecule has 8 heteroatoms. The summed E-state index contributed by atoms with van der Waals surface area (Å²) in [5.74, 6) is 0.0230. The number of aryl methyl sites for hydroxylation is 2. The van der Waals surface area contributed by atoms with Crippen LogP contribution in [0.5, 0.6) is 0 Å². The lowest BCUT2D eigenvalue weighted by Crippen LogP contribution is -2.30. The van der Waals surface area contributed by atoms with Gasteiger partial charge in [-0.2, -0.15) is 9.94 Å². The SMILES string of the molecule is Cc1cc(C=C(C#N)C(=O)Nc2ccc(Br)cc2)c(C)n1-n1c(C)nc2ccccc2c1=O. The van der Waals surface area contributed by atoms with Crippen molar-refractivity contribution in [1.29, 1.82) is 5.26 Å². The summed E-state index contributed by atoms with van der Waals surface area (Å²) in [6, 6.07) is 18.1. The van der Waals surface area contributed by atoms with Crippen LogP contribution >= 0.6 is 15.9 Å². The van der Waals surface area contributed by atoms with Crippen molar-refractivity contribution in [2.45, 2.75) is 20.8 Å². The number of anilines is 1. The number of halogens is 1. The lowest BCUT2D eigenvalue weighted by molar-refractivity contribution is -0.112. The Morgan fingerprint density at radius 3 is 2.48 bits per heavy atom. The van der Waals surface area contributed by atoms with Gasteiger partial charge in [-0.1, -0.05) is 28.1 Å². The summed E-state index contributed by atoms with van der Waals surface area (Å²) in [6.45, 7) is 5.47. The fourth-order valence-electron chi connectivity index (χ4n) is 3.74. The molecule has 1 amide bonds. The summed E-state index contributed by atoms with van der Waals surface area (Å²) in [6.07, 6.45) is 1.53. The number of amides is 1. The Kier molecular flexibility index (Phi) is 5.99. The van der Waals surface area contributed by atoms with Gasteiger partial charge < -0.3 is 5.32 Å². The number of hydrogen-bond donors (Lipinski definition) is 1. The van der Waals surface area contributed by atoms with Gasteiger partial charge in [-0.25, -0.2) is 4.98 Å². The van der Waals surface area contributed by atoms with E-state index >= 15 is 0 Å². The minimum atomic E-state index is -0.509. The van der Waals surface area contributed by atoms with E-state index in [2.05, 4.69) is 26.2 Å². The van der Waals surface area contributed by atoms with Gasteiger partial charge in [-0.05, 0) is 74.9 Å². The van der Waals surface area contributed by atoms with Crippen LogP contribution in [0.2, 0.25) is 0 Å². The number of aromatic nitrogens is 3. The summed E-state index contributed by atoms with van der Waals surface area (Å²) in [7, 11) is 0. The first-order valence-electron chi connectivity index (χ1n) is 10.2. The summed E-state index contributed by atoms with van der Waals surface area (Å²) >= 11 is 3.35. The normalized spacial score (nSPS) is 11.4. The molecule has 7 nitrogen and oxygen atoms in total. The second-order valence-corrected chi connectivity index (χ2v) is 8.48. The summed E-state index contributed by atoms with van der Waals surface area (Å²) in [5.41, 5.74) is 3.12. The minimum Gasteiger partial charge on any atom is -0.321 e. The number of carbonyl (C=O) groups excluding carboxylic acids is 1. The number of nitrogens with zero attached hydrogens (tertiary/aromatic N) is 4. The molecule has 2 aromatic heterocycles. The molecule has 0 fully saturated rings. The lowest BCUT2D eigenvalue weighted by atomic mass is 10.1. The zero-order chi connectivity index (χ0) is 23.7. The number of hydrogen-bond acceptors (Lipinski definition) is 4. The van der Waals surface area contributed by atoms with E-state index in [1.807, 2.05) is 32.0 Å². The van der Waals surface area contributed by atoms with Crippen LogP contribution in [0.25, 0.3) is 17.0 Å². The number of para-hydroxylation sites is 1. The molecule has 4 aromatic rings. The smallest absolute Gasteiger partial charge is 0.280 e. The Bertz CT molecular complexity index is 1520. The van der Waals surface area contributed by atoms with Crippen LogP contribution < -0.4 is 10.9 Å². The molecule has 1 N–H and O–H groups in total. The van der Waals surface area contributed by atoms with Crippen LogP contribution in [0, 0.1) is 32.1 Å². The molecule has 0 aliphatic rings. The third kappa shape index (κ3) is 4.23. The maximum Gasteiger partial charge on any atom is 0.280 e. The predicted octanol–water partition coefficient (Wildman–Crippen LogP) is 4.74. The highest BCUT2D eigenvalue weighted by Gasteiger charge is 2.17. The number of nitrogens with one attached hydrogen (secondary N) is 1. The first-order valence-corrected chi connectivity index (χ1v) is 11.0. The molecule has 0 radical (unpaired) electrons. The highest BCUT2D eigenvalue weighted by molar-refractivity contribution is 9.10. The quantitative estimate of drug-likeness (QED) is 0.322. The first-order chi connectivity index (χ1) is 15.8. The van der Waals surface area contributed by atoms with Gasteiger partial charge in [0.15, 0.2) is 0 Å². The van der Waals surface area contributed by atoms with Crippen molar-refractivity contribution < 1.29 is 4.79 Å². The van der Waals surface area contributed by atoms with E-state index in [0.29, 0.717) is 33.7 Å². The van der Waals surface area contributed by atoms with E-state index in [1.165, 1.54) is 10.8 Å². The zero-order valence-electron chi connectivity index (χ0n) is 18.3. The lowest BCUT2D eigenvalue weighted by Gasteiger charge is -2.16. The van der Waals surface area contributed by atoms with E-state index in [0.717, 1.165) is 10.2 Å². The molecule has 0 aliphatic carbocycles. The summed E-state index contributed by atoms with van der Waals surface area (Å²) < 4.78 is 4.15. The van der Waals surface area contributed by atoms with E-state index in [9.17, 15) is 14.9 Å². The maximum atomic E-state index is 13.2. The summed E-state index contributed by atoms with van der Waals surface area (Å²) in [4.78, 5) is 30.5. The number of nitriles is 1. The Hall–Kier alpha value is -3.96. The van der Waals surface area contributed by atoms with Crippen molar-refractivity contribution in [2.24, 2.45) is 0 Å². The van der Waals surface area contributed by atoms with Gasteiger partial charge in [0, 0.05) is 21.5 Å². The van der Waals surface area contributed by atoms with Crippen LogP contribution in [0.4, 0.5) is 5.69 Å². The summed E-state index contributed by atoms with van der Waals surface area (Å²) in [5, 5.41) is 12.9. The van der Waals surface area contributed by atoms with Gasteiger partial charge in [0.05, 0.1) is 10.9 Å². The van der Waals surface area contributed by atoms with Crippen LogP contribution in [0.1, 0.15) is 22.8 Å². The maximum absolute atomic E-state index is 13.2. The number of fused-ring (bicyclic) bond motifs is 1.